The van der Waals surface area contributed by atoms with Crippen LogP contribution in [0.25, 0.3) is 5.65 Å². The highest BCUT2D eigenvalue weighted by Crippen LogP contribution is 2.17. The van der Waals surface area contributed by atoms with E-state index < -0.39 is 35.0 Å². The van der Waals surface area contributed by atoms with Crippen LogP contribution in [0, 0.1) is 11.6 Å². The maximum absolute atomic E-state index is 13.4. The van der Waals surface area contributed by atoms with E-state index in [1.807, 2.05) is 0 Å². The van der Waals surface area contributed by atoms with Crippen LogP contribution in [0.4, 0.5) is 14.5 Å². The minimum Gasteiger partial charge on any atom is -0.456 e. The van der Waals surface area contributed by atoms with Gasteiger partial charge in [0.2, 0.25) is 0 Å². The Morgan fingerprint density at radius 2 is 1.76 bits per heavy atom. The van der Waals surface area contributed by atoms with Crippen molar-refractivity contribution in [3.8, 4) is 0 Å². The van der Waals surface area contributed by atoms with Crippen LogP contribution in [-0.4, -0.2) is 38.0 Å². The van der Waals surface area contributed by atoms with E-state index in [0.29, 0.717) is 11.3 Å². The van der Waals surface area contributed by atoms with Gasteiger partial charge in [0.05, 0.1) is 11.8 Å². The smallest absolute Gasteiger partial charge is 0.338 e. The van der Waals surface area contributed by atoms with Gasteiger partial charge in [0.25, 0.3) is 11.8 Å². The van der Waals surface area contributed by atoms with Crippen LogP contribution in [0.3, 0.4) is 0 Å². The van der Waals surface area contributed by atoms with Crippen LogP contribution >= 0.6 is 0 Å². The molecule has 190 valence electrons. The molecule has 4 rings (SSSR count). The first-order valence-corrected chi connectivity index (χ1v) is 11.2. The Morgan fingerprint density at radius 1 is 0.973 bits per heavy atom. The van der Waals surface area contributed by atoms with Gasteiger partial charge in [-0.2, -0.15) is 5.10 Å². The van der Waals surface area contributed by atoms with Gasteiger partial charge in [-0.05, 0) is 56.7 Å². The van der Waals surface area contributed by atoms with Crippen molar-refractivity contribution in [1.82, 2.24) is 19.9 Å². The molecule has 9 nitrogen and oxygen atoms in total. The number of benzene rings is 2. The Morgan fingerprint density at radius 3 is 2.49 bits per heavy atom. The van der Waals surface area contributed by atoms with Gasteiger partial charge in [0, 0.05) is 24.4 Å². The van der Waals surface area contributed by atoms with Crippen molar-refractivity contribution >= 4 is 29.1 Å². The molecule has 2 aromatic heterocycles. The monoisotopic (exact) mass is 507 g/mol. The maximum atomic E-state index is 13.4. The van der Waals surface area contributed by atoms with Gasteiger partial charge in [-0.3, -0.25) is 9.59 Å². The standard InChI is InChI=1S/C26H23F2N5O4/c1-26(2,3)37-25(36)16-5-4-6-17(12-16)31-24(35)21-13-20(32-22-9-10-30-33(21)22)23(34)29-14-15-7-8-18(27)19(28)11-15/h4-13H,14H2,1-3H3,(H,29,34)(H,31,35). The van der Waals surface area contributed by atoms with E-state index in [9.17, 15) is 23.2 Å². The zero-order chi connectivity index (χ0) is 26.7. The molecule has 4 aromatic rings. The number of aromatic nitrogens is 3. The van der Waals surface area contributed by atoms with Crippen molar-refractivity contribution in [2.24, 2.45) is 0 Å². The van der Waals surface area contributed by atoms with Crippen molar-refractivity contribution in [2.45, 2.75) is 32.9 Å². The van der Waals surface area contributed by atoms with Gasteiger partial charge in [-0.25, -0.2) is 23.1 Å². The number of esters is 1. The Balaban J connectivity index is 1.54. The zero-order valence-electron chi connectivity index (χ0n) is 20.2. The van der Waals surface area contributed by atoms with Gasteiger partial charge in [0.1, 0.15) is 17.0 Å². The maximum Gasteiger partial charge on any atom is 0.338 e. The fourth-order valence-electron chi connectivity index (χ4n) is 3.37. The summed E-state index contributed by atoms with van der Waals surface area (Å²) < 4.78 is 33.2. The first-order chi connectivity index (χ1) is 17.5. The van der Waals surface area contributed by atoms with Crippen molar-refractivity contribution in [2.75, 3.05) is 5.32 Å². The van der Waals surface area contributed by atoms with Crippen molar-refractivity contribution < 1.29 is 27.9 Å². The molecule has 0 unspecified atom stereocenters. The number of hydrogen-bond acceptors (Lipinski definition) is 6. The third kappa shape index (κ3) is 6.13. The minimum atomic E-state index is -1.03. The fraction of sp³-hybridized carbons (Fsp3) is 0.192. The van der Waals surface area contributed by atoms with E-state index in [-0.39, 0.29) is 29.1 Å². The summed E-state index contributed by atoms with van der Waals surface area (Å²) in [6, 6.07) is 12.3. The summed E-state index contributed by atoms with van der Waals surface area (Å²) in [7, 11) is 0. The van der Waals surface area contributed by atoms with Gasteiger partial charge < -0.3 is 15.4 Å². The highest BCUT2D eigenvalue weighted by molar-refractivity contribution is 6.05. The van der Waals surface area contributed by atoms with E-state index in [0.717, 1.165) is 12.1 Å². The third-order valence-electron chi connectivity index (χ3n) is 5.02. The summed E-state index contributed by atoms with van der Waals surface area (Å²) in [6.45, 7) is 5.17. The SMILES string of the molecule is CC(C)(C)OC(=O)c1cccc(NC(=O)c2cc(C(=O)NCc3ccc(F)c(F)c3)nc3ccnn23)c1. The average Bonchev–Trinajstić information content (AvgIpc) is 3.32. The van der Waals surface area contributed by atoms with Gasteiger partial charge in [-0.15, -0.1) is 0 Å². The molecule has 2 amide bonds. The number of hydrogen-bond donors (Lipinski definition) is 2. The molecule has 2 N–H and O–H groups in total. The normalized spacial score (nSPS) is 11.3. The molecule has 2 aromatic carbocycles. The lowest BCUT2D eigenvalue weighted by atomic mass is 10.1. The number of fused-ring (bicyclic) bond motifs is 1. The Labute approximate surface area is 210 Å². The van der Waals surface area contributed by atoms with Gasteiger partial charge in [0.15, 0.2) is 17.3 Å². The van der Waals surface area contributed by atoms with Crippen LogP contribution in [-0.2, 0) is 11.3 Å². The fourth-order valence-corrected chi connectivity index (χ4v) is 3.37. The Hall–Kier alpha value is -4.67. The highest BCUT2D eigenvalue weighted by Gasteiger charge is 2.20. The first-order valence-electron chi connectivity index (χ1n) is 11.2. The van der Waals surface area contributed by atoms with Crippen LogP contribution < -0.4 is 10.6 Å². The number of nitrogens with one attached hydrogen (secondary N) is 2. The van der Waals surface area contributed by atoms with Crippen LogP contribution in [0.15, 0.2) is 60.8 Å². The van der Waals surface area contributed by atoms with Crippen molar-refractivity contribution in [1.29, 1.82) is 0 Å². The number of nitrogens with zero attached hydrogens (tertiary/aromatic N) is 3. The molecular weight excluding hydrogens is 484 g/mol. The van der Waals surface area contributed by atoms with Crippen molar-refractivity contribution in [3.63, 3.8) is 0 Å². The second kappa shape index (κ2) is 10.1. The number of halogens is 2. The highest BCUT2D eigenvalue weighted by atomic mass is 19.2. The molecule has 0 radical (unpaired) electrons. The number of rotatable bonds is 6. The molecule has 2 heterocycles. The Bertz CT molecular complexity index is 1510. The third-order valence-corrected chi connectivity index (χ3v) is 5.02. The quantitative estimate of drug-likeness (QED) is 0.379. The molecule has 0 aliphatic carbocycles. The lowest BCUT2D eigenvalue weighted by Gasteiger charge is -2.19. The molecule has 37 heavy (non-hydrogen) atoms. The number of ether oxygens (including phenoxy) is 1. The summed E-state index contributed by atoms with van der Waals surface area (Å²) in [5, 5.41) is 9.35. The van der Waals surface area contributed by atoms with Gasteiger partial charge >= 0.3 is 5.97 Å². The second-order valence-electron chi connectivity index (χ2n) is 9.10. The predicted octanol–water partition coefficient (Wildman–Crippen LogP) is 4.15. The molecule has 0 atom stereocenters. The number of carbonyl (C=O) groups is 3. The lowest BCUT2D eigenvalue weighted by molar-refractivity contribution is 0.00693. The lowest BCUT2D eigenvalue weighted by Crippen LogP contribution is -2.26. The molecule has 0 saturated carbocycles. The summed E-state index contributed by atoms with van der Waals surface area (Å²) in [5.41, 5.74) is 0.423. The Kier molecular flexibility index (Phi) is 6.96. The minimum absolute atomic E-state index is 0.00986. The first kappa shape index (κ1) is 25.4. The molecule has 0 saturated heterocycles. The number of amides is 2. The predicted molar refractivity (Wildman–Crippen MR) is 130 cm³/mol. The molecule has 0 bridgehead atoms. The van der Waals surface area contributed by atoms with Crippen LogP contribution in [0.5, 0.6) is 0 Å². The molecule has 11 heteroatoms. The molecule has 0 aliphatic rings. The zero-order valence-corrected chi connectivity index (χ0v) is 20.2. The van der Waals surface area contributed by atoms with E-state index >= 15 is 0 Å². The van der Waals surface area contributed by atoms with E-state index in [1.54, 1.807) is 39.0 Å². The van der Waals surface area contributed by atoms with E-state index in [1.165, 1.54) is 35.0 Å². The average molecular weight is 507 g/mol. The molecule has 0 fully saturated rings. The second-order valence-corrected chi connectivity index (χ2v) is 9.10. The van der Waals surface area contributed by atoms with Crippen LogP contribution in [0.1, 0.15) is 57.7 Å². The number of carbonyl (C=O) groups excluding carboxylic acids is 3. The summed E-state index contributed by atoms with van der Waals surface area (Å²) >= 11 is 0. The number of anilines is 1. The van der Waals surface area contributed by atoms with Gasteiger partial charge in [-0.1, -0.05) is 12.1 Å². The summed E-state index contributed by atoms with van der Waals surface area (Å²) in [5.74, 6) is -3.79. The van der Waals surface area contributed by atoms with E-state index in [4.69, 9.17) is 4.74 Å². The largest absolute Gasteiger partial charge is 0.456 e. The topological polar surface area (TPSA) is 115 Å². The van der Waals surface area contributed by atoms with Crippen molar-refractivity contribution in [3.05, 3.63) is 94.9 Å². The molecular formula is C26H23F2N5O4. The molecule has 0 spiro atoms. The summed E-state index contributed by atoms with van der Waals surface area (Å²) in [4.78, 5) is 42.5. The van der Waals surface area contributed by atoms with Crippen LogP contribution in [0.2, 0.25) is 0 Å². The summed E-state index contributed by atoms with van der Waals surface area (Å²) in [6.07, 6.45) is 1.42. The van der Waals surface area contributed by atoms with E-state index in [2.05, 4.69) is 20.7 Å². The molecule has 0 aliphatic heterocycles.